The van der Waals surface area contributed by atoms with E-state index in [-0.39, 0.29) is 5.97 Å². The van der Waals surface area contributed by atoms with Gasteiger partial charge in [0.25, 0.3) is 0 Å². The van der Waals surface area contributed by atoms with Crippen LogP contribution in [-0.4, -0.2) is 11.6 Å². The minimum absolute atomic E-state index is 0.354. The van der Waals surface area contributed by atoms with Crippen LogP contribution >= 0.6 is 0 Å². The van der Waals surface area contributed by atoms with Crippen LogP contribution in [0, 0.1) is 0 Å². The number of ether oxygens (including phenoxy) is 1. The standard InChI is InChI=1S/C14H21NO2/c1-5-6-10-7-8-12(15)11(9-10)13(16)17-14(2,3)4/h7-9H,5-6,15H2,1-4H3. The number of carbonyl (C=O) groups excluding carboxylic acids is 1. The normalized spacial score (nSPS) is 11.3. The molecule has 94 valence electrons. The van der Waals surface area contributed by atoms with Crippen LogP contribution in [0.15, 0.2) is 18.2 Å². The third kappa shape index (κ3) is 4.10. The summed E-state index contributed by atoms with van der Waals surface area (Å²) < 4.78 is 5.32. The Labute approximate surface area is 103 Å². The predicted molar refractivity (Wildman–Crippen MR) is 70.0 cm³/mol. The molecule has 3 heteroatoms. The van der Waals surface area contributed by atoms with Crippen LogP contribution in [0.1, 0.15) is 50.0 Å². The van der Waals surface area contributed by atoms with Crippen LogP contribution in [-0.2, 0) is 11.2 Å². The van der Waals surface area contributed by atoms with Gasteiger partial charge < -0.3 is 10.5 Å². The van der Waals surface area contributed by atoms with Crippen molar-refractivity contribution in [2.45, 2.75) is 46.1 Å². The molecule has 0 saturated heterocycles. The van der Waals surface area contributed by atoms with E-state index in [2.05, 4.69) is 6.92 Å². The number of hydrogen-bond donors (Lipinski definition) is 1. The molecule has 0 unspecified atom stereocenters. The van der Waals surface area contributed by atoms with E-state index in [1.165, 1.54) is 0 Å². The zero-order valence-corrected chi connectivity index (χ0v) is 11.0. The Balaban J connectivity index is 2.95. The number of carbonyl (C=O) groups is 1. The van der Waals surface area contributed by atoms with E-state index in [0.29, 0.717) is 11.3 Å². The molecule has 0 aliphatic heterocycles. The highest BCUT2D eigenvalue weighted by Gasteiger charge is 2.19. The Hall–Kier alpha value is -1.51. The topological polar surface area (TPSA) is 52.3 Å². The van der Waals surface area contributed by atoms with E-state index >= 15 is 0 Å². The van der Waals surface area contributed by atoms with Gasteiger partial charge >= 0.3 is 5.97 Å². The molecule has 1 aromatic carbocycles. The molecule has 0 aliphatic carbocycles. The summed E-state index contributed by atoms with van der Waals surface area (Å²) in [7, 11) is 0. The van der Waals surface area contributed by atoms with Crippen molar-refractivity contribution < 1.29 is 9.53 Å². The average molecular weight is 235 g/mol. The average Bonchev–Trinajstić information content (AvgIpc) is 2.18. The fourth-order valence-electron chi connectivity index (χ4n) is 1.56. The van der Waals surface area contributed by atoms with Crippen molar-refractivity contribution in [2.75, 3.05) is 5.73 Å². The van der Waals surface area contributed by atoms with E-state index in [9.17, 15) is 4.79 Å². The van der Waals surface area contributed by atoms with Crippen molar-refractivity contribution in [1.82, 2.24) is 0 Å². The van der Waals surface area contributed by atoms with Crippen molar-refractivity contribution >= 4 is 11.7 Å². The molecule has 0 fully saturated rings. The quantitative estimate of drug-likeness (QED) is 0.646. The van der Waals surface area contributed by atoms with Crippen molar-refractivity contribution in [3.8, 4) is 0 Å². The minimum atomic E-state index is -0.496. The highest BCUT2D eigenvalue weighted by molar-refractivity contribution is 5.95. The Morgan fingerprint density at radius 3 is 2.53 bits per heavy atom. The molecule has 3 nitrogen and oxygen atoms in total. The molecule has 0 aliphatic rings. The lowest BCUT2D eigenvalue weighted by Gasteiger charge is -2.20. The largest absolute Gasteiger partial charge is 0.456 e. The molecule has 2 N–H and O–H groups in total. The maximum Gasteiger partial charge on any atom is 0.340 e. The van der Waals surface area contributed by atoms with Gasteiger partial charge in [-0.25, -0.2) is 4.79 Å². The van der Waals surface area contributed by atoms with Gasteiger partial charge in [-0.05, 0) is 44.9 Å². The van der Waals surface area contributed by atoms with Gasteiger partial charge in [-0.2, -0.15) is 0 Å². The minimum Gasteiger partial charge on any atom is -0.456 e. The van der Waals surface area contributed by atoms with Gasteiger partial charge in [-0.1, -0.05) is 19.4 Å². The molecule has 1 aromatic rings. The van der Waals surface area contributed by atoms with Crippen LogP contribution in [0.3, 0.4) is 0 Å². The van der Waals surface area contributed by atoms with Gasteiger partial charge in [0.15, 0.2) is 0 Å². The molecular formula is C14H21NO2. The number of hydrogen-bond acceptors (Lipinski definition) is 3. The lowest BCUT2D eigenvalue weighted by atomic mass is 10.0. The third-order valence-corrected chi connectivity index (χ3v) is 2.28. The molecule has 17 heavy (non-hydrogen) atoms. The summed E-state index contributed by atoms with van der Waals surface area (Å²) >= 11 is 0. The van der Waals surface area contributed by atoms with Gasteiger partial charge in [0, 0.05) is 5.69 Å². The van der Waals surface area contributed by atoms with Crippen molar-refractivity contribution in [3.05, 3.63) is 29.3 Å². The maximum atomic E-state index is 11.9. The second-order valence-electron chi connectivity index (χ2n) is 5.17. The number of esters is 1. The molecule has 0 saturated carbocycles. The molecular weight excluding hydrogens is 214 g/mol. The smallest absolute Gasteiger partial charge is 0.340 e. The van der Waals surface area contributed by atoms with Crippen LogP contribution in [0.5, 0.6) is 0 Å². The molecule has 0 spiro atoms. The summed E-state index contributed by atoms with van der Waals surface area (Å²) in [5.74, 6) is -0.354. The molecule has 1 rings (SSSR count). The second-order valence-corrected chi connectivity index (χ2v) is 5.17. The zero-order chi connectivity index (χ0) is 13.1. The summed E-state index contributed by atoms with van der Waals surface area (Å²) in [6.07, 6.45) is 1.98. The monoisotopic (exact) mass is 235 g/mol. The van der Waals surface area contributed by atoms with E-state index in [0.717, 1.165) is 18.4 Å². The Kier molecular flexibility index (Phi) is 4.16. The SMILES string of the molecule is CCCc1ccc(N)c(C(=O)OC(C)(C)C)c1. The molecule has 0 heterocycles. The first-order valence-electron chi connectivity index (χ1n) is 5.95. The molecule has 0 aromatic heterocycles. The number of nitrogens with two attached hydrogens (primary N) is 1. The van der Waals surface area contributed by atoms with Gasteiger partial charge in [-0.3, -0.25) is 0 Å². The first kappa shape index (κ1) is 13.6. The highest BCUT2D eigenvalue weighted by Crippen LogP contribution is 2.19. The van der Waals surface area contributed by atoms with E-state index in [1.807, 2.05) is 32.9 Å². The second kappa shape index (κ2) is 5.21. The van der Waals surface area contributed by atoms with Gasteiger partial charge in [0.2, 0.25) is 0 Å². The maximum absolute atomic E-state index is 11.9. The zero-order valence-electron chi connectivity index (χ0n) is 11.0. The first-order chi connectivity index (χ1) is 7.83. The lowest BCUT2D eigenvalue weighted by molar-refractivity contribution is 0.00707. The van der Waals surface area contributed by atoms with E-state index in [4.69, 9.17) is 10.5 Å². The molecule has 0 amide bonds. The Morgan fingerprint density at radius 1 is 1.35 bits per heavy atom. The van der Waals surface area contributed by atoms with E-state index < -0.39 is 5.60 Å². The fraction of sp³-hybridized carbons (Fsp3) is 0.500. The van der Waals surface area contributed by atoms with E-state index in [1.54, 1.807) is 6.07 Å². The fourth-order valence-corrected chi connectivity index (χ4v) is 1.56. The molecule has 0 bridgehead atoms. The summed E-state index contributed by atoms with van der Waals surface area (Å²) in [6.45, 7) is 7.63. The summed E-state index contributed by atoms with van der Waals surface area (Å²) in [6, 6.07) is 5.55. The van der Waals surface area contributed by atoms with Crippen LogP contribution < -0.4 is 5.73 Å². The highest BCUT2D eigenvalue weighted by atomic mass is 16.6. The number of rotatable bonds is 3. The number of benzene rings is 1. The Morgan fingerprint density at radius 2 is 2.00 bits per heavy atom. The summed E-state index contributed by atoms with van der Waals surface area (Å²) in [5, 5.41) is 0. The van der Waals surface area contributed by atoms with Crippen LogP contribution in [0.2, 0.25) is 0 Å². The van der Waals surface area contributed by atoms with Gasteiger partial charge in [0.1, 0.15) is 5.60 Å². The summed E-state index contributed by atoms with van der Waals surface area (Å²) in [5.41, 5.74) is 7.36. The first-order valence-corrected chi connectivity index (χ1v) is 5.95. The van der Waals surface area contributed by atoms with Gasteiger partial charge in [-0.15, -0.1) is 0 Å². The molecule has 0 atom stereocenters. The molecule has 0 radical (unpaired) electrons. The third-order valence-electron chi connectivity index (χ3n) is 2.28. The Bertz CT molecular complexity index is 405. The van der Waals surface area contributed by atoms with Crippen LogP contribution in [0.25, 0.3) is 0 Å². The van der Waals surface area contributed by atoms with Crippen LogP contribution in [0.4, 0.5) is 5.69 Å². The number of aryl methyl sites for hydroxylation is 1. The number of nitrogen functional groups attached to an aromatic ring is 1. The van der Waals surface area contributed by atoms with Crippen molar-refractivity contribution in [2.24, 2.45) is 0 Å². The number of anilines is 1. The predicted octanol–water partition coefficient (Wildman–Crippen LogP) is 3.18. The van der Waals surface area contributed by atoms with Crippen molar-refractivity contribution in [1.29, 1.82) is 0 Å². The summed E-state index contributed by atoms with van der Waals surface area (Å²) in [4.78, 5) is 11.9. The lowest BCUT2D eigenvalue weighted by Crippen LogP contribution is -2.24. The van der Waals surface area contributed by atoms with Gasteiger partial charge in [0.05, 0.1) is 5.56 Å². The van der Waals surface area contributed by atoms with Crippen molar-refractivity contribution in [3.63, 3.8) is 0 Å².